The predicted octanol–water partition coefficient (Wildman–Crippen LogP) is 7.08. The summed E-state index contributed by atoms with van der Waals surface area (Å²) in [6, 6.07) is 26.0. The minimum Gasteiger partial charge on any atom is -0.352 e. The van der Waals surface area contributed by atoms with Crippen LogP contribution in [-0.4, -0.2) is 34.6 Å². The highest BCUT2D eigenvalue weighted by Crippen LogP contribution is 2.22. The molecule has 200 valence electrons. The number of aryl methyl sites for hydroxylation is 1. The Hall–Kier alpha value is -2.57. The van der Waals surface area contributed by atoms with E-state index in [1.165, 1.54) is 12.0 Å². The summed E-state index contributed by atoms with van der Waals surface area (Å²) in [5.41, 5.74) is 4.43. The van der Waals surface area contributed by atoms with Crippen LogP contribution in [0.1, 0.15) is 54.4 Å². The van der Waals surface area contributed by atoms with Crippen molar-refractivity contribution in [1.82, 2.24) is 10.2 Å². The number of carbonyl (C=O) groups excluding carboxylic acids is 2. The van der Waals surface area contributed by atoms with Gasteiger partial charge in [-0.3, -0.25) is 9.59 Å². The molecular weight excluding hydrogens is 556 g/mol. The first-order chi connectivity index (χ1) is 18.5. The van der Waals surface area contributed by atoms with Crippen molar-refractivity contribution in [2.45, 2.75) is 69.8 Å². The number of halogens is 1. The number of rotatable bonds is 11. The highest BCUT2D eigenvalue weighted by atomic mass is 79.9. The summed E-state index contributed by atoms with van der Waals surface area (Å²) in [7, 11) is 0. The molecule has 1 fully saturated rings. The number of amides is 2. The van der Waals surface area contributed by atoms with Crippen LogP contribution in [0.15, 0.2) is 83.3 Å². The Morgan fingerprint density at radius 2 is 1.61 bits per heavy atom. The molecule has 0 spiro atoms. The van der Waals surface area contributed by atoms with Crippen molar-refractivity contribution in [3.63, 3.8) is 0 Å². The van der Waals surface area contributed by atoms with Gasteiger partial charge in [0.1, 0.15) is 6.04 Å². The second-order valence-electron chi connectivity index (χ2n) is 10.1. The first-order valence-electron chi connectivity index (χ1n) is 13.5. The summed E-state index contributed by atoms with van der Waals surface area (Å²) < 4.78 is 1.04. The summed E-state index contributed by atoms with van der Waals surface area (Å²) in [4.78, 5) is 29.5. The van der Waals surface area contributed by atoms with Crippen molar-refractivity contribution >= 4 is 39.5 Å². The molecule has 3 aromatic carbocycles. The van der Waals surface area contributed by atoms with Crippen molar-refractivity contribution in [2.75, 3.05) is 5.75 Å². The first kappa shape index (κ1) is 28.4. The van der Waals surface area contributed by atoms with E-state index in [0.29, 0.717) is 18.7 Å². The second kappa shape index (κ2) is 14.5. The summed E-state index contributed by atoms with van der Waals surface area (Å²) in [5, 5.41) is 3.32. The molecule has 0 aromatic heterocycles. The second-order valence-corrected chi connectivity index (χ2v) is 12.0. The lowest BCUT2D eigenvalue weighted by Crippen LogP contribution is -2.53. The van der Waals surface area contributed by atoms with Crippen LogP contribution in [-0.2, 0) is 28.3 Å². The molecular formula is C32H37BrN2O2S. The maximum absolute atomic E-state index is 13.8. The van der Waals surface area contributed by atoms with E-state index >= 15 is 0 Å². The molecule has 0 heterocycles. The monoisotopic (exact) mass is 592 g/mol. The van der Waals surface area contributed by atoms with Gasteiger partial charge in [0.05, 0.1) is 5.75 Å². The lowest BCUT2D eigenvalue weighted by atomic mass is 9.94. The molecule has 1 atom stereocenters. The summed E-state index contributed by atoms with van der Waals surface area (Å²) in [5.74, 6) is 1.02. The topological polar surface area (TPSA) is 49.4 Å². The maximum atomic E-state index is 13.8. The van der Waals surface area contributed by atoms with Crippen molar-refractivity contribution in [3.05, 3.63) is 106 Å². The predicted molar refractivity (Wildman–Crippen MR) is 161 cm³/mol. The van der Waals surface area contributed by atoms with E-state index in [2.05, 4.69) is 52.4 Å². The fourth-order valence-corrected chi connectivity index (χ4v) is 6.12. The Balaban J connectivity index is 1.56. The Bertz CT molecular complexity index is 1180. The standard InChI is InChI=1S/C32H37BrN2O2S/c1-24-10-8-9-13-27(24)21-35(31(36)23-38-22-26-16-18-28(33)19-17-26)30(20-25-11-4-2-5-12-25)32(37)34-29-14-6-3-7-15-29/h2,4-5,8-13,16-19,29-30H,3,6-7,14-15,20-23H2,1H3,(H,34,37). The van der Waals surface area contributed by atoms with Crippen LogP contribution in [0.25, 0.3) is 0 Å². The number of thioether (sulfide) groups is 1. The minimum atomic E-state index is -0.570. The molecule has 6 heteroatoms. The van der Waals surface area contributed by atoms with Gasteiger partial charge in [0.25, 0.3) is 0 Å². The number of nitrogens with zero attached hydrogens (tertiary/aromatic N) is 1. The van der Waals surface area contributed by atoms with Gasteiger partial charge < -0.3 is 10.2 Å². The van der Waals surface area contributed by atoms with Crippen molar-refractivity contribution in [3.8, 4) is 0 Å². The Kier molecular flexibility index (Phi) is 10.9. The zero-order chi connectivity index (χ0) is 26.7. The molecule has 3 aromatic rings. The first-order valence-corrected chi connectivity index (χ1v) is 15.4. The lowest BCUT2D eigenvalue weighted by molar-refractivity contribution is -0.139. The molecule has 1 unspecified atom stereocenters. The lowest BCUT2D eigenvalue weighted by Gasteiger charge is -2.34. The molecule has 0 aliphatic heterocycles. The molecule has 0 bridgehead atoms. The molecule has 1 aliphatic rings. The van der Waals surface area contributed by atoms with E-state index in [9.17, 15) is 9.59 Å². The van der Waals surface area contributed by atoms with E-state index in [0.717, 1.165) is 52.6 Å². The van der Waals surface area contributed by atoms with Gasteiger partial charge in [0, 0.05) is 29.2 Å². The van der Waals surface area contributed by atoms with E-state index in [1.807, 2.05) is 59.5 Å². The van der Waals surface area contributed by atoms with Crippen LogP contribution < -0.4 is 5.32 Å². The fraction of sp³-hybridized carbons (Fsp3) is 0.375. The number of carbonyl (C=O) groups is 2. The Morgan fingerprint density at radius 1 is 0.921 bits per heavy atom. The van der Waals surface area contributed by atoms with Crippen LogP contribution in [0, 0.1) is 6.92 Å². The SMILES string of the molecule is Cc1ccccc1CN(C(=O)CSCc1ccc(Br)cc1)C(Cc1ccccc1)C(=O)NC1CCCCC1. The molecule has 4 nitrogen and oxygen atoms in total. The smallest absolute Gasteiger partial charge is 0.243 e. The van der Waals surface area contributed by atoms with Crippen LogP contribution >= 0.6 is 27.7 Å². The number of benzene rings is 3. The quantitative estimate of drug-likeness (QED) is 0.259. The average Bonchev–Trinajstić information content (AvgIpc) is 2.93. The van der Waals surface area contributed by atoms with Crippen LogP contribution in [0.2, 0.25) is 0 Å². The van der Waals surface area contributed by atoms with Gasteiger partial charge >= 0.3 is 0 Å². The summed E-state index contributed by atoms with van der Waals surface area (Å²) in [6.07, 6.45) is 6.04. The number of hydrogen-bond donors (Lipinski definition) is 1. The van der Waals surface area contributed by atoms with Crippen molar-refractivity contribution in [1.29, 1.82) is 0 Å². The zero-order valence-electron chi connectivity index (χ0n) is 22.1. The third-order valence-corrected chi connectivity index (χ3v) is 8.75. The molecule has 38 heavy (non-hydrogen) atoms. The van der Waals surface area contributed by atoms with Gasteiger partial charge in [-0.2, -0.15) is 0 Å². The van der Waals surface area contributed by atoms with E-state index in [1.54, 1.807) is 11.8 Å². The largest absolute Gasteiger partial charge is 0.352 e. The van der Waals surface area contributed by atoms with E-state index in [-0.39, 0.29) is 17.9 Å². The molecule has 1 saturated carbocycles. The van der Waals surface area contributed by atoms with Crippen LogP contribution in [0.3, 0.4) is 0 Å². The van der Waals surface area contributed by atoms with Crippen molar-refractivity contribution in [2.24, 2.45) is 0 Å². The maximum Gasteiger partial charge on any atom is 0.243 e. The van der Waals surface area contributed by atoms with Crippen molar-refractivity contribution < 1.29 is 9.59 Å². The fourth-order valence-electron chi connectivity index (χ4n) is 4.99. The Morgan fingerprint density at radius 3 is 2.32 bits per heavy atom. The summed E-state index contributed by atoms with van der Waals surface area (Å²) >= 11 is 5.08. The van der Waals surface area contributed by atoms with Gasteiger partial charge in [-0.25, -0.2) is 0 Å². The minimum absolute atomic E-state index is 0.00455. The number of hydrogen-bond acceptors (Lipinski definition) is 3. The molecule has 1 N–H and O–H groups in total. The highest BCUT2D eigenvalue weighted by Gasteiger charge is 2.32. The van der Waals surface area contributed by atoms with Crippen LogP contribution in [0.5, 0.6) is 0 Å². The number of nitrogens with one attached hydrogen (secondary N) is 1. The summed E-state index contributed by atoms with van der Waals surface area (Å²) in [6.45, 7) is 2.48. The molecule has 0 radical (unpaired) electrons. The van der Waals surface area contributed by atoms with Gasteiger partial charge in [-0.1, -0.05) is 102 Å². The molecule has 1 aliphatic carbocycles. The molecule has 4 rings (SSSR count). The third kappa shape index (κ3) is 8.47. The van der Waals surface area contributed by atoms with E-state index in [4.69, 9.17) is 0 Å². The van der Waals surface area contributed by atoms with Gasteiger partial charge in [-0.05, 0) is 54.2 Å². The molecule has 0 saturated heterocycles. The van der Waals surface area contributed by atoms with E-state index < -0.39 is 6.04 Å². The van der Waals surface area contributed by atoms with Gasteiger partial charge in [0.2, 0.25) is 11.8 Å². The van der Waals surface area contributed by atoms with Gasteiger partial charge in [0.15, 0.2) is 0 Å². The molecule has 2 amide bonds. The average molecular weight is 594 g/mol. The Labute approximate surface area is 239 Å². The van der Waals surface area contributed by atoms with Gasteiger partial charge in [-0.15, -0.1) is 11.8 Å². The zero-order valence-corrected chi connectivity index (χ0v) is 24.5. The highest BCUT2D eigenvalue weighted by molar-refractivity contribution is 9.10. The third-order valence-electron chi connectivity index (χ3n) is 7.23. The van der Waals surface area contributed by atoms with Crippen LogP contribution in [0.4, 0.5) is 0 Å². The normalized spacial score (nSPS) is 14.6.